The molecule has 3 rings (SSSR count). The molecular formula is C13H23N. The molecule has 0 aromatic rings. The van der Waals surface area contributed by atoms with Crippen LogP contribution in [0.1, 0.15) is 58.3 Å². The van der Waals surface area contributed by atoms with Gasteiger partial charge in [-0.1, -0.05) is 19.8 Å². The van der Waals surface area contributed by atoms with Crippen molar-refractivity contribution in [3.05, 3.63) is 0 Å². The van der Waals surface area contributed by atoms with Crippen molar-refractivity contribution in [2.75, 3.05) is 0 Å². The summed E-state index contributed by atoms with van der Waals surface area (Å²) in [5, 5.41) is 4.00. The second-order valence-electron chi connectivity index (χ2n) is 6.04. The standard InChI is InChI=1S/C13H23N/c1-10-3-2-4-12(9-10)14-13(7-8-13)11-5-6-11/h10-12,14H,2-9H2,1H3. The molecule has 0 aromatic heterocycles. The third-order valence-electron chi connectivity index (χ3n) is 4.58. The van der Waals surface area contributed by atoms with Crippen LogP contribution < -0.4 is 5.32 Å². The van der Waals surface area contributed by atoms with Crippen molar-refractivity contribution in [3.8, 4) is 0 Å². The van der Waals surface area contributed by atoms with Gasteiger partial charge in [-0.3, -0.25) is 0 Å². The second kappa shape index (κ2) is 3.23. The van der Waals surface area contributed by atoms with Crippen LogP contribution in [-0.4, -0.2) is 11.6 Å². The molecule has 0 saturated heterocycles. The highest BCUT2D eigenvalue weighted by Gasteiger charge is 2.54. The first-order chi connectivity index (χ1) is 6.78. The van der Waals surface area contributed by atoms with Gasteiger partial charge in [0, 0.05) is 11.6 Å². The van der Waals surface area contributed by atoms with Crippen molar-refractivity contribution in [1.82, 2.24) is 5.32 Å². The largest absolute Gasteiger partial charge is 0.308 e. The summed E-state index contributed by atoms with van der Waals surface area (Å²) in [7, 11) is 0. The van der Waals surface area contributed by atoms with Crippen LogP contribution in [0.5, 0.6) is 0 Å². The molecule has 0 spiro atoms. The van der Waals surface area contributed by atoms with Crippen LogP contribution in [0.4, 0.5) is 0 Å². The summed E-state index contributed by atoms with van der Waals surface area (Å²) in [4.78, 5) is 0. The van der Waals surface area contributed by atoms with Gasteiger partial charge in [-0.05, 0) is 50.4 Å². The quantitative estimate of drug-likeness (QED) is 0.726. The molecule has 3 aliphatic carbocycles. The Labute approximate surface area is 87.7 Å². The molecule has 3 saturated carbocycles. The monoisotopic (exact) mass is 193 g/mol. The van der Waals surface area contributed by atoms with Gasteiger partial charge in [-0.2, -0.15) is 0 Å². The smallest absolute Gasteiger partial charge is 0.0213 e. The zero-order valence-electron chi connectivity index (χ0n) is 9.39. The van der Waals surface area contributed by atoms with Crippen molar-refractivity contribution < 1.29 is 0 Å². The molecule has 0 bridgehead atoms. The first-order valence-electron chi connectivity index (χ1n) is 6.56. The molecule has 3 aliphatic rings. The van der Waals surface area contributed by atoms with Gasteiger partial charge in [-0.15, -0.1) is 0 Å². The molecule has 2 unspecified atom stereocenters. The van der Waals surface area contributed by atoms with Gasteiger partial charge in [0.25, 0.3) is 0 Å². The molecule has 0 amide bonds. The van der Waals surface area contributed by atoms with E-state index in [1.807, 2.05) is 0 Å². The predicted molar refractivity (Wildman–Crippen MR) is 59.2 cm³/mol. The summed E-state index contributed by atoms with van der Waals surface area (Å²) in [6.45, 7) is 2.42. The fourth-order valence-corrected chi connectivity index (χ4v) is 3.41. The maximum absolute atomic E-state index is 4.00. The predicted octanol–water partition coefficient (Wildman–Crippen LogP) is 3.10. The van der Waals surface area contributed by atoms with Gasteiger partial charge in [0.2, 0.25) is 0 Å². The van der Waals surface area contributed by atoms with E-state index in [0.717, 1.165) is 17.9 Å². The SMILES string of the molecule is CC1CCCC(NC2(C3CC3)CC2)C1. The minimum atomic E-state index is 0.654. The van der Waals surface area contributed by atoms with Gasteiger partial charge in [0.05, 0.1) is 0 Å². The lowest BCUT2D eigenvalue weighted by Gasteiger charge is -2.31. The number of rotatable bonds is 3. The van der Waals surface area contributed by atoms with E-state index in [-0.39, 0.29) is 0 Å². The average molecular weight is 193 g/mol. The Balaban J connectivity index is 1.55. The summed E-state index contributed by atoms with van der Waals surface area (Å²) >= 11 is 0. The summed E-state index contributed by atoms with van der Waals surface area (Å²) in [6, 6.07) is 0.863. The summed E-state index contributed by atoms with van der Waals surface area (Å²) in [5.41, 5.74) is 0.654. The van der Waals surface area contributed by atoms with E-state index in [9.17, 15) is 0 Å². The molecule has 14 heavy (non-hydrogen) atoms. The van der Waals surface area contributed by atoms with Crippen LogP contribution in [-0.2, 0) is 0 Å². The van der Waals surface area contributed by atoms with Crippen LogP contribution in [0.15, 0.2) is 0 Å². The van der Waals surface area contributed by atoms with Gasteiger partial charge in [0.1, 0.15) is 0 Å². The van der Waals surface area contributed by atoms with Crippen LogP contribution in [0.25, 0.3) is 0 Å². The maximum atomic E-state index is 4.00. The molecule has 1 N–H and O–H groups in total. The van der Waals surface area contributed by atoms with Crippen LogP contribution in [0.3, 0.4) is 0 Å². The minimum absolute atomic E-state index is 0.654. The highest BCUT2D eigenvalue weighted by molar-refractivity contribution is 5.12. The fraction of sp³-hybridized carbons (Fsp3) is 1.00. The number of hydrogen-bond donors (Lipinski definition) is 1. The van der Waals surface area contributed by atoms with E-state index < -0.39 is 0 Å². The van der Waals surface area contributed by atoms with E-state index in [1.165, 1.54) is 51.4 Å². The Morgan fingerprint density at radius 1 is 1.07 bits per heavy atom. The molecule has 80 valence electrons. The lowest BCUT2D eigenvalue weighted by molar-refractivity contribution is 0.262. The Bertz CT molecular complexity index is 215. The normalized spacial score (nSPS) is 40.9. The molecule has 2 atom stereocenters. The summed E-state index contributed by atoms with van der Waals surface area (Å²) in [5.74, 6) is 2.04. The summed E-state index contributed by atoms with van der Waals surface area (Å²) in [6.07, 6.45) is 11.8. The first kappa shape index (κ1) is 9.21. The number of hydrogen-bond acceptors (Lipinski definition) is 1. The van der Waals surface area contributed by atoms with E-state index >= 15 is 0 Å². The van der Waals surface area contributed by atoms with Crippen LogP contribution >= 0.6 is 0 Å². The van der Waals surface area contributed by atoms with Gasteiger partial charge in [0.15, 0.2) is 0 Å². The van der Waals surface area contributed by atoms with Crippen molar-refractivity contribution in [2.45, 2.75) is 69.9 Å². The molecule has 3 fully saturated rings. The lowest BCUT2D eigenvalue weighted by atomic mass is 9.86. The van der Waals surface area contributed by atoms with Gasteiger partial charge < -0.3 is 5.32 Å². The molecule has 0 aromatic carbocycles. The van der Waals surface area contributed by atoms with Crippen LogP contribution in [0.2, 0.25) is 0 Å². The summed E-state index contributed by atoms with van der Waals surface area (Å²) < 4.78 is 0. The van der Waals surface area contributed by atoms with E-state index in [1.54, 1.807) is 0 Å². The van der Waals surface area contributed by atoms with E-state index in [2.05, 4.69) is 12.2 Å². The second-order valence-corrected chi connectivity index (χ2v) is 6.04. The Hall–Kier alpha value is -0.0400. The van der Waals surface area contributed by atoms with Crippen molar-refractivity contribution in [2.24, 2.45) is 11.8 Å². The zero-order valence-corrected chi connectivity index (χ0v) is 9.39. The Kier molecular flexibility index (Phi) is 2.12. The topological polar surface area (TPSA) is 12.0 Å². The van der Waals surface area contributed by atoms with Crippen molar-refractivity contribution in [1.29, 1.82) is 0 Å². The molecular weight excluding hydrogens is 170 g/mol. The lowest BCUT2D eigenvalue weighted by Crippen LogP contribution is -2.43. The Morgan fingerprint density at radius 2 is 1.86 bits per heavy atom. The highest BCUT2D eigenvalue weighted by Crippen LogP contribution is 2.54. The van der Waals surface area contributed by atoms with Crippen LogP contribution in [0, 0.1) is 11.8 Å². The van der Waals surface area contributed by atoms with E-state index in [4.69, 9.17) is 0 Å². The van der Waals surface area contributed by atoms with Crippen molar-refractivity contribution in [3.63, 3.8) is 0 Å². The average Bonchev–Trinajstić information content (AvgIpc) is 2.99. The van der Waals surface area contributed by atoms with Gasteiger partial charge >= 0.3 is 0 Å². The maximum Gasteiger partial charge on any atom is 0.0213 e. The first-order valence-corrected chi connectivity index (χ1v) is 6.56. The minimum Gasteiger partial charge on any atom is -0.308 e. The van der Waals surface area contributed by atoms with E-state index in [0.29, 0.717) is 5.54 Å². The fourth-order valence-electron chi connectivity index (χ4n) is 3.41. The Morgan fingerprint density at radius 3 is 2.43 bits per heavy atom. The molecule has 0 aliphatic heterocycles. The third-order valence-corrected chi connectivity index (χ3v) is 4.58. The highest BCUT2D eigenvalue weighted by atomic mass is 15.1. The molecule has 1 nitrogen and oxygen atoms in total. The molecule has 1 heteroatoms. The van der Waals surface area contributed by atoms with Gasteiger partial charge in [-0.25, -0.2) is 0 Å². The number of nitrogens with one attached hydrogen (secondary N) is 1. The third kappa shape index (κ3) is 1.71. The zero-order chi connectivity index (χ0) is 9.60. The molecule has 0 heterocycles. The molecule has 0 radical (unpaired) electrons. The van der Waals surface area contributed by atoms with Crippen molar-refractivity contribution >= 4 is 0 Å².